The maximum atomic E-state index is 12.8. The molecule has 0 amide bonds. The summed E-state index contributed by atoms with van der Waals surface area (Å²) in [6.45, 7) is 2.15. The van der Waals surface area contributed by atoms with Crippen molar-refractivity contribution in [1.29, 1.82) is 0 Å². The molecule has 4 rings (SSSR count). The lowest BCUT2D eigenvalue weighted by molar-refractivity contribution is -0.147. The maximum absolute atomic E-state index is 12.8. The van der Waals surface area contributed by atoms with Gasteiger partial charge in [-0.3, -0.25) is 14.5 Å². The van der Waals surface area contributed by atoms with Gasteiger partial charge in [-0.05, 0) is 43.6 Å². The van der Waals surface area contributed by atoms with E-state index in [1.54, 1.807) is 0 Å². The van der Waals surface area contributed by atoms with Crippen molar-refractivity contribution >= 4 is 43.5 Å². The number of fused-ring (bicyclic) bond motifs is 1. The number of methoxy groups -OCH3 is 1. The van der Waals surface area contributed by atoms with Crippen molar-refractivity contribution < 1.29 is 9.53 Å². The highest BCUT2D eigenvalue weighted by Crippen LogP contribution is 2.31. The third kappa shape index (κ3) is 3.90. The number of nitrogens with one attached hydrogen (secondary N) is 1. The smallest absolute Gasteiger partial charge is 0.308 e. The number of esters is 1. The standard InChI is InChI=1S/C20H20BrN3O3S/c1-27-20(26)13-6-8-24(9-7-13)10-16-22-18(25)17-15(11-28-19(17)23-16)12-2-4-14(21)5-3-12/h2-5,11,13H,6-10H2,1H3,(H,22,23,25). The van der Waals surface area contributed by atoms with Crippen molar-refractivity contribution in [3.63, 3.8) is 0 Å². The lowest BCUT2D eigenvalue weighted by atomic mass is 9.97. The van der Waals surface area contributed by atoms with Crippen LogP contribution in [0, 0.1) is 5.92 Å². The van der Waals surface area contributed by atoms with Gasteiger partial charge >= 0.3 is 5.97 Å². The van der Waals surface area contributed by atoms with Crippen LogP contribution in [-0.4, -0.2) is 41.0 Å². The lowest BCUT2D eigenvalue weighted by Crippen LogP contribution is -2.37. The average molecular weight is 462 g/mol. The van der Waals surface area contributed by atoms with Crippen molar-refractivity contribution in [3.8, 4) is 11.1 Å². The summed E-state index contributed by atoms with van der Waals surface area (Å²) < 4.78 is 5.83. The van der Waals surface area contributed by atoms with Crippen molar-refractivity contribution in [2.24, 2.45) is 5.92 Å². The molecule has 1 aromatic carbocycles. The van der Waals surface area contributed by atoms with Crippen LogP contribution >= 0.6 is 27.3 Å². The molecule has 0 unspecified atom stereocenters. The van der Waals surface area contributed by atoms with Gasteiger partial charge in [0.2, 0.25) is 0 Å². The van der Waals surface area contributed by atoms with Crippen LogP contribution < -0.4 is 5.56 Å². The fraction of sp³-hybridized carbons (Fsp3) is 0.350. The Morgan fingerprint density at radius 2 is 2.04 bits per heavy atom. The van der Waals surface area contributed by atoms with Crippen molar-refractivity contribution in [2.75, 3.05) is 20.2 Å². The molecule has 0 atom stereocenters. The molecule has 2 aromatic heterocycles. The Balaban J connectivity index is 1.54. The molecule has 1 N–H and O–H groups in total. The number of aromatic nitrogens is 2. The summed E-state index contributed by atoms with van der Waals surface area (Å²) >= 11 is 4.93. The number of halogens is 1. The number of likely N-dealkylation sites (tertiary alicyclic amines) is 1. The third-order valence-corrected chi connectivity index (χ3v) is 6.54. The van der Waals surface area contributed by atoms with Crippen LogP contribution in [0.4, 0.5) is 0 Å². The fourth-order valence-corrected chi connectivity index (χ4v) is 4.85. The highest BCUT2D eigenvalue weighted by atomic mass is 79.9. The summed E-state index contributed by atoms with van der Waals surface area (Å²) in [7, 11) is 1.43. The van der Waals surface area contributed by atoms with Crippen LogP contribution in [-0.2, 0) is 16.1 Å². The Hall–Kier alpha value is -2.03. The van der Waals surface area contributed by atoms with E-state index in [0.717, 1.165) is 46.4 Å². The molecule has 1 saturated heterocycles. The molecule has 0 radical (unpaired) electrons. The molecule has 8 heteroatoms. The number of piperidine rings is 1. The van der Waals surface area contributed by atoms with E-state index in [-0.39, 0.29) is 17.4 Å². The molecule has 0 spiro atoms. The number of rotatable bonds is 4. The van der Waals surface area contributed by atoms with Gasteiger partial charge in [-0.2, -0.15) is 0 Å². The number of carbonyl (C=O) groups is 1. The molecule has 1 fully saturated rings. The van der Waals surface area contributed by atoms with Gasteiger partial charge < -0.3 is 9.72 Å². The molecule has 146 valence electrons. The normalized spacial score (nSPS) is 15.8. The molecule has 1 aliphatic rings. The third-order valence-electron chi connectivity index (χ3n) is 5.14. The zero-order valence-corrected chi connectivity index (χ0v) is 17.8. The second-order valence-corrected chi connectivity index (χ2v) is 8.70. The number of thiophene rings is 1. The van der Waals surface area contributed by atoms with E-state index in [0.29, 0.717) is 17.8 Å². The van der Waals surface area contributed by atoms with E-state index in [1.807, 2.05) is 29.6 Å². The minimum Gasteiger partial charge on any atom is -0.469 e. The van der Waals surface area contributed by atoms with Gasteiger partial charge in [0.1, 0.15) is 10.7 Å². The Kier molecular flexibility index (Phi) is 5.61. The Morgan fingerprint density at radius 1 is 1.32 bits per heavy atom. The van der Waals surface area contributed by atoms with E-state index in [2.05, 4.69) is 30.8 Å². The highest BCUT2D eigenvalue weighted by molar-refractivity contribution is 9.10. The molecule has 3 aromatic rings. The number of ether oxygens (including phenoxy) is 1. The average Bonchev–Trinajstić information content (AvgIpc) is 3.13. The van der Waals surface area contributed by atoms with E-state index in [4.69, 9.17) is 4.74 Å². The first-order valence-corrected chi connectivity index (χ1v) is 10.8. The van der Waals surface area contributed by atoms with E-state index >= 15 is 0 Å². The summed E-state index contributed by atoms with van der Waals surface area (Å²) in [4.78, 5) is 35.0. The first kappa shape index (κ1) is 19.3. The zero-order chi connectivity index (χ0) is 19.7. The van der Waals surface area contributed by atoms with Gasteiger partial charge in [-0.15, -0.1) is 11.3 Å². The monoisotopic (exact) mass is 461 g/mol. The Morgan fingerprint density at radius 3 is 2.71 bits per heavy atom. The lowest BCUT2D eigenvalue weighted by Gasteiger charge is -2.30. The van der Waals surface area contributed by atoms with Crippen LogP contribution in [0.1, 0.15) is 18.7 Å². The minimum atomic E-state index is -0.133. The number of H-pyrrole nitrogens is 1. The predicted molar refractivity (Wildman–Crippen MR) is 113 cm³/mol. The fourth-order valence-electron chi connectivity index (χ4n) is 3.62. The first-order chi connectivity index (χ1) is 13.5. The zero-order valence-electron chi connectivity index (χ0n) is 15.4. The maximum Gasteiger partial charge on any atom is 0.308 e. The molecule has 3 heterocycles. The van der Waals surface area contributed by atoms with Crippen LogP contribution in [0.15, 0.2) is 38.9 Å². The second kappa shape index (κ2) is 8.14. The van der Waals surface area contributed by atoms with Gasteiger partial charge in [0.05, 0.1) is 25.0 Å². The topological polar surface area (TPSA) is 75.3 Å². The first-order valence-electron chi connectivity index (χ1n) is 9.11. The van der Waals surface area contributed by atoms with Gasteiger partial charge in [0.25, 0.3) is 5.56 Å². The van der Waals surface area contributed by atoms with E-state index in [9.17, 15) is 9.59 Å². The van der Waals surface area contributed by atoms with Crippen LogP contribution in [0.3, 0.4) is 0 Å². The summed E-state index contributed by atoms with van der Waals surface area (Å²) in [6, 6.07) is 7.91. The summed E-state index contributed by atoms with van der Waals surface area (Å²) in [5.41, 5.74) is 1.80. The number of benzene rings is 1. The summed E-state index contributed by atoms with van der Waals surface area (Å²) in [5, 5.41) is 2.63. The SMILES string of the molecule is COC(=O)C1CCN(Cc2nc3scc(-c4ccc(Br)cc4)c3c(=O)[nH]2)CC1. The number of aromatic amines is 1. The molecular formula is C20H20BrN3O3S. The van der Waals surface area contributed by atoms with Gasteiger partial charge in [-0.25, -0.2) is 4.98 Å². The molecule has 0 aliphatic carbocycles. The van der Waals surface area contributed by atoms with Gasteiger partial charge in [0.15, 0.2) is 0 Å². The molecular weight excluding hydrogens is 442 g/mol. The Bertz CT molecular complexity index is 1050. The minimum absolute atomic E-state index is 0.0264. The van der Waals surface area contributed by atoms with E-state index in [1.165, 1.54) is 18.4 Å². The highest BCUT2D eigenvalue weighted by Gasteiger charge is 2.26. The molecule has 1 aliphatic heterocycles. The largest absolute Gasteiger partial charge is 0.469 e. The van der Waals surface area contributed by atoms with Crippen LogP contribution in [0.2, 0.25) is 0 Å². The molecule has 6 nitrogen and oxygen atoms in total. The summed E-state index contributed by atoms with van der Waals surface area (Å²) in [5.74, 6) is 0.506. The second-order valence-electron chi connectivity index (χ2n) is 6.92. The van der Waals surface area contributed by atoms with Crippen LogP contribution in [0.5, 0.6) is 0 Å². The molecule has 0 saturated carbocycles. The number of nitrogens with zero attached hydrogens (tertiary/aromatic N) is 2. The van der Waals surface area contributed by atoms with Gasteiger partial charge in [0, 0.05) is 15.4 Å². The van der Waals surface area contributed by atoms with Crippen LogP contribution in [0.25, 0.3) is 21.3 Å². The van der Waals surface area contributed by atoms with E-state index < -0.39 is 0 Å². The summed E-state index contributed by atoms with van der Waals surface area (Å²) in [6.07, 6.45) is 1.54. The predicted octanol–water partition coefficient (Wildman–Crippen LogP) is 3.80. The Labute approximate surface area is 174 Å². The molecule has 28 heavy (non-hydrogen) atoms. The number of carbonyl (C=O) groups excluding carboxylic acids is 1. The quantitative estimate of drug-likeness (QED) is 0.597. The molecule has 0 bridgehead atoms. The van der Waals surface area contributed by atoms with Gasteiger partial charge in [-0.1, -0.05) is 28.1 Å². The number of hydrogen-bond donors (Lipinski definition) is 1. The van der Waals surface area contributed by atoms with Crippen molar-refractivity contribution in [3.05, 3.63) is 50.3 Å². The number of hydrogen-bond acceptors (Lipinski definition) is 6. The van der Waals surface area contributed by atoms with Crippen molar-refractivity contribution in [2.45, 2.75) is 19.4 Å². The van der Waals surface area contributed by atoms with Crippen molar-refractivity contribution in [1.82, 2.24) is 14.9 Å².